The summed E-state index contributed by atoms with van der Waals surface area (Å²) in [5.74, 6) is 4.65. The summed E-state index contributed by atoms with van der Waals surface area (Å²) in [5.41, 5.74) is 0. The Hall–Kier alpha value is -0.220. The van der Waals surface area contributed by atoms with Crippen LogP contribution in [0.15, 0.2) is 0 Å². The molecular formula is C13H22N2OS. The molecule has 17 heavy (non-hydrogen) atoms. The number of carbonyl (C=O) groups is 1. The molecule has 2 aliphatic carbocycles. The molecule has 2 bridgehead atoms. The monoisotopic (exact) mass is 254 g/mol. The van der Waals surface area contributed by atoms with Gasteiger partial charge >= 0.3 is 0 Å². The first-order valence-electron chi connectivity index (χ1n) is 6.85. The van der Waals surface area contributed by atoms with Crippen LogP contribution >= 0.6 is 11.8 Å². The van der Waals surface area contributed by atoms with Gasteiger partial charge in [0.2, 0.25) is 5.91 Å². The van der Waals surface area contributed by atoms with E-state index in [1.165, 1.54) is 25.7 Å². The number of hydrogen-bond acceptors (Lipinski definition) is 3. The molecule has 0 aromatic rings. The third-order valence-electron chi connectivity index (χ3n) is 4.84. The van der Waals surface area contributed by atoms with Gasteiger partial charge < -0.3 is 5.32 Å². The fourth-order valence-electron chi connectivity index (χ4n) is 3.90. The van der Waals surface area contributed by atoms with Gasteiger partial charge in [0, 0.05) is 17.7 Å². The van der Waals surface area contributed by atoms with E-state index in [0.29, 0.717) is 6.04 Å². The SMILES string of the molecule is CC(NC(=O)C1CSCN1)C1CC2CCC1C2. The molecular weight excluding hydrogens is 232 g/mol. The number of thioether (sulfide) groups is 1. The van der Waals surface area contributed by atoms with Crippen molar-refractivity contribution in [3.05, 3.63) is 0 Å². The lowest BCUT2D eigenvalue weighted by Crippen LogP contribution is -2.48. The molecule has 4 heteroatoms. The summed E-state index contributed by atoms with van der Waals surface area (Å²) in [6.45, 7) is 2.20. The number of nitrogens with one attached hydrogen (secondary N) is 2. The van der Waals surface area contributed by atoms with Crippen molar-refractivity contribution >= 4 is 17.7 Å². The van der Waals surface area contributed by atoms with Gasteiger partial charge in [0.1, 0.15) is 0 Å². The maximum absolute atomic E-state index is 12.0. The molecule has 3 fully saturated rings. The Morgan fingerprint density at radius 1 is 1.41 bits per heavy atom. The quantitative estimate of drug-likeness (QED) is 0.803. The molecule has 2 N–H and O–H groups in total. The van der Waals surface area contributed by atoms with Gasteiger partial charge in [0.05, 0.1) is 6.04 Å². The van der Waals surface area contributed by atoms with Crippen LogP contribution in [-0.2, 0) is 4.79 Å². The number of amides is 1. The predicted octanol–water partition coefficient (Wildman–Crippen LogP) is 1.59. The molecule has 3 aliphatic rings. The minimum atomic E-state index is 0.0426. The summed E-state index contributed by atoms with van der Waals surface area (Å²) >= 11 is 1.81. The summed E-state index contributed by atoms with van der Waals surface area (Å²) in [6, 6.07) is 0.409. The Labute approximate surface area is 107 Å². The summed E-state index contributed by atoms with van der Waals surface area (Å²) in [6.07, 6.45) is 5.59. The van der Waals surface area contributed by atoms with Crippen LogP contribution in [0.3, 0.4) is 0 Å². The molecule has 1 amide bonds. The normalized spacial score (nSPS) is 41.7. The van der Waals surface area contributed by atoms with Crippen molar-refractivity contribution in [1.82, 2.24) is 10.6 Å². The van der Waals surface area contributed by atoms with Crippen LogP contribution in [0.25, 0.3) is 0 Å². The van der Waals surface area contributed by atoms with Crippen molar-refractivity contribution < 1.29 is 4.79 Å². The molecule has 3 nitrogen and oxygen atoms in total. The van der Waals surface area contributed by atoms with Gasteiger partial charge in [-0.15, -0.1) is 11.8 Å². The highest BCUT2D eigenvalue weighted by Crippen LogP contribution is 2.49. The molecule has 0 spiro atoms. The number of rotatable bonds is 3. The van der Waals surface area contributed by atoms with E-state index < -0.39 is 0 Å². The van der Waals surface area contributed by atoms with E-state index in [-0.39, 0.29) is 11.9 Å². The van der Waals surface area contributed by atoms with Gasteiger partial charge in [-0.1, -0.05) is 6.42 Å². The van der Waals surface area contributed by atoms with Crippen molar-refractivity contribution in [3.8, 4) is 0 Å². The maximum Gasteiger partial charge on any atom is 0.238 e. The average Bonchev–Trinajstić information content (AvgIpc) is 3.05. The van der Waals surface area contributed by atoms with E-state index >= 15 is 0 Å². The second-order valence-electron chi connectivity index (χ2n) is 5.91. The number of fused-ring (bicyclic) bond motifs is 2. The molecule has 96 valence electrons. The van der Waals surface area contributed by atoms with Gasteiger partial charge in [-0.05, 0) is 43.9 Å². The topological polar surface area (TPSA) is 41.1 Å². The van der Waals surface area contributed by atoms with E-state index in [1.807, 2.05) is 11.8 Å². The molecule has 1 aliphatic heterocycles. The zero-order chi connectivity index (χ0) is 11.8. The van der Waals surface area contributed by atoms with Crippen LogP contribution in [0.2, 0.25) is 0 Å². The number of hydrogen-bond donors (Lipinski definition) is 2. The first-order chi connectivity index (χ1) is 8.24. The van der Waals surface area contributed by atoms with Crippen molar-refractivity contribution in [2.75, 3.05) is 11.6 Å². The zero-order valence-corrected chi connectivity index (χ0v) is 11.3. The second kappa shape index (κ2) is 4.81. The number of carbonyl (C=O) groups excluding carboxylic acids is 1. The van der Waals surface area contributed by atoms with Gasteiger partial charge in [-0.25, -0.2) is 0 Å². The molecule has 5 atom stereocenters. The van der Waals surface area contributed by atoms with Crippen LogP contribution in [0.1, 0.15) is 32.6 Å². The lowest BCUT2D eigenvalue weighted by atomic mass is 9.84. The fraction of sp³-hybridized carbons (Fsp3) is 0.923. The van der Waals surface area contributed by atoms with Gasteiger partial charge in [0.25, 0.3) is 0 Å². The molecule has 0 aromatic heterocycles. The highest BCUT2D eigenvalue weighted by molar-refractivity contribution is 7.99. The third kappa shape index (κ3) is 2.34. The van der Waals surface area contributed by atoms with Crippen molar-refractivity contribution in [2.45, 2.75) is 44.7 Å². The van der Waals surface area contributed by atoms with Crippen LogP contribution in [0.5, 0.6) is 0 Å². The van der Waals surface area contributed by atoms with E-state index in [2.05, 4.69) is 17.6 Å². The molecule has 5 unspecified atom stereocenters. The van der Waals surface area contributed by atoms with Gasteiger partial charge in [0.15, 0.2) is 0 Å². The molecule has 3 rings (SSSR count). The smallest absolute Gasteiger partial charge is 0.238 e. The Kier molecular flexibility index (Phi) is 3.35. The molecule has 0 aromatic carbocycles. The average molecular weight is 254 g/mol. The van der Waals surface area contributed by atoms with E-state index in [4.69, 9.17) is 0 Å². The maximum atomic E-state index is 12.0. The van der Waals surface area contributed by atoms with Crippen molar-refractivity contribution in [2.24, 2.45) is 17.8 Å². The predicted molar refractivity (Wildman–Crippen MR) is 70.8 cm³/mol. The highest BCUT2D eigenvalue weighted by Gasteiger charge is 2.42. The van der Waals surface area contributed by atoms with Crippen LogP contribution in [0, 0.1) is 17.8 Å². The van der Waals surface area contributed by atoms with Crippen molar-refractivity contribution in [3.63, 3.8) is 0 Å². The summed E-state index contributed by atoms with van der Waals surface area (Å²) < 4.78 is 0. The molecule has 1 saturated heterocycles. The standard InChI is InChI=1S/C13H22N2OS/c1-8(11-5-9-2-3-10(11)4-9)15-13(16)12-6-17-7-14-12/h8-12,14H,2-7H2,1H3,(H,15,16). The summed E-state index contributed by atoms with van der Waals surface area (Å²) in [7, 11) is 0. The van der Waals surface area contributed by atoms with Crippen molar-refractivity contribution in [1.29, 1.82) is 0 Å². The molecule has 1 heterocycles. The van der Waals surface area contributed by atoms with Crippen LogP contribution < -0.4 is 10.6 Å². The first kappa shape index (κ1) is 11.8. The minimum Gasteiger partial charge on any atom is -0.352 e. The molecule has 2 saturated carbocycles. The summed E-state index contributed by atoms with van der Waals surface area (Å²) in [5, 5.41) is 6.47. The summed E-state index contributed by atoms with van der Waals surface area (Å²) in [4.78, 5) is 12.0. The Balaban J connectivity index is 1.52. The van der Waals surface area contributed by atoms with E-state index in [9.17, 15) is 4.79 Å². The van der Waals surface area contributed by atoms with Crippen LogP contribution in [0.4, 0.5) is 0 Å². The molecule has 0 radical (unpaired) electrons. The van der Waals surface area contributed by atoms with E-state index in [1.54, 1.807) is 0 Å². The second-order valence-corrected chi connectivity index (χ2v) is 6.94. The Morgan fingerprint density at radius 3 is 2.88 bits per heavy atom. The van der Waals surface area contributed by atoms with Crippen LogP contribution in [-0.4, -0.2) is 29.6 Å². The lowest BCUT2D eigenvalue weighted by Gasteiger charge is -2.29. The fourth-order valence-corrected chi connectivity index (χ4v) is 4.84. The lowest BCUT2D eigenvalue weighted by molar-refractivity contribution is -0.123. The first-order valence-corrected chi connectivity index (χ1v) is 8.01. The minimum absolute atomic E-state index is 0.0426. The Bertz CT molecular complexity index is 304. The largest absolute Gasteiger partial charge is 0.352 e. The van der Waals surface area contributed by atoms with Gasteiger partial charge in [-0.3, -0.25) is 10.1 Å². The third-order valence-corrected chi connectivity index (χ3v) is 5.78. The Morgan fingerprint density at radius 2 is 2.29 bits per heavy atom. The van der Waals surface area contributed by atoms with E-state index in [0.717, 1.165) is 29.4 Å². The zero-order valence-electron chi connectivity index (χ0n) is 10.4. The van der Waals surface area contributed by atoms with Gasteiger partial charge in [-0.2, -0.15) is 0 Å². The highest BCUT2D eigenvalue weighted by atomic mass is 32.2.